The summed E-state index contributed by atoms with van der Waals surface area (Å²) < 4.78 is 0. The maximum absolute atomic E-state index is 11.9. The van der Waals surface area contributed by atoms with Crippen LogP contribution >= 0.6 is 0 Å². The number of anilines is 2. The molecular formula is C14H20N4O. The van der Waals surface area contributed by atoms with Crippen molar-refractivity contribution in [2.24, 2.45) is 0 Å². The number of hydrogen-bond acceptors (Lipinski definition) is 4. The normalized spacial score (nSPS) is 10.2. The fraction of sp³-hybridized carbons (Fsp3) is 0.429. The van der Waals surface area contributed by atoms with Gasteiger partial charge in [0.2, 0.25) is 5.91 Å². The third-order valence-corrected chi connectivity index (χ3v) is 2.89. The van der Waals surface area contributed by atoms with Gasteiger partial charge in [-0.25, -0.2) is 0 Å². The van der Waals surface area contributed by atoms with Gasteiger partial charge in [0.25, 0.3) is 0 Å². The Morgan fingerprint density at radius 1 is 1.53 bits per heavy atom. The van der Waals surface area contributed by atoms with Crippen molar-refractivity contribution in [1.29, 1.82) is 5.26 Å². The van der Waals surface area contributed by atoms with Gasteiger partial charge in [0, 0.05) is 24.3 Å². The Morgan fingerprint density at radius 2 is 2.26 bits per heavy atom. The molecule has 0 aliphatic carbocycles. The zero-order valence-corrected chi connectivity index (χ0v) is 11.4. The third-order valence-electron chi connectivity index (χ3n) is 2.89. The predicted molar refractivity (Wildman–Crippen MR) is 76.6 cm³/mol. The van der Waals surface area contributed by atoms with Crippen molar-refractivity contribution in [3.05, 3.63) is 23.8 Å². The minimum Gasteiger partial charge on any atom is -0.399 e. The Balaban J connectivity index is 2.59. The number of nitrogens with zero attached hydrogens (tertiary/aromatic N) is 2. The molecule has 3 N–H and O–H groups in total. The quantitative estimate of drug-likeness (QED) is 0.763. The van der Waals surface area contributed by atoms with E-state index in [9.17, 15) is 4.79 Å². The Hall–Kier alpha value is -2.06. The van der Waals surface area contributed by atoms with Crippen LogP contribution in [0.3, 0.4) is 0 Å². The molecule has 0 atom stereocenters. The molecule has 1 amide bonds. The standard InChI is InChI=1S/C14H20N4O/c1-3-18(8-4-7-15)10-14(19)17-13-9-12(16)6-5-11(13)2/h5-6,9H,3-4,8,10,16H2,1-2H3,(H,17,19). The number of benzene rings is 1. The van der Waals surface area contributed by atoms with Crippen LogP contribution in [0.25, 0.3) is 0 Å². The topological polar surface area (TPSA) is 82.2 Å². The van der Waals surface area contributed by atoms with E-state index in [0.29, 0.717) is 18.7 Å². The summed E-state index contributed by atoms with van der Waals surface area (Å²) in [5.74, 6) is -0.0894. The summed E-state index contributed by atoms with van der Waals surface area (Å²) in [5, 5.41) is 11.4. The molecule has 0 heterocycles. The van der Waals surface area contributed by atoms with E-state index in [-0.39, 0.29) is 12.5 Å². The maximum atomic E-state index is 11.9. The monoisotopic (exact) mass is 260 g/mol. The molecule has 0 saturated heterocycles. The number of nitrogen functional groups attached to an aromatic ring is 1. The first-order valence-electron chi connectivity index (χ1n) is 6.32. The summed E-state index contributed by atoms with van der Waals surface area (Å²) in [6.07, 6.45) is 0.429. The van der Waals surface area contributed by atoms with Gasteiger partial charge in [0.05, 0.1) is 12.6 Å². The zero-order chi connectivity index (χ0) is 14.3. The van der Waals surface area contributed by atoms with E-state index >= 15 is 0 Å². The van der Waals surface area contributed by atoms with Gasteiger partial charge >= 0.3 is 0 Å². The summed E-state index contributed by atoms with van der Waals surface area (Å²) in [6, 6.07) is 7.51. The van der Waals surface area contributed by atoms with Gasteiger partial charge in [0.15, 0.2) is 0 Å². The highest BCUT2D eigenvalue weighted by atomic mass is 16.2. The first-order valence-corrected chi connectivity index (χ1v) is 6.32. The molecule has 0 spiro atoms. The summed E-state index contributed by atoms with van der Waals surface area (Å²) in [6.45, 7) is 5.52. The average Bonchev–Trinajstić information content (AvgIpc) is 2.38. The first kappa shape index (κ1) is 15.0. The second kappa shape index (κ2) is 7.39. The fourth-order valence-electron chi connectivity index (χ4n) is 1.72. The van der Waals surface area contributed by atoms with E-state index in [1.807, 2.05) is 24.8 Å². The molecule has 5 heteroatoms. The van der Waals surface area contributed by atoms with Gasteiger partial charge in [-0.3, -0.25) is 9.69 Å². The third kappa shape index (κ3) is 4.98. The largest absolute Gasteiger partial charge is 0.399 e. The summed E-state index contributed by atoms with van der Waals surface area (Å²) in [5.41, 5.74) is 8.03. The molecule has 0 unspecified atom stereocenters. The van der Waals surface area contributed by atoms with Gasteiger partial charge in [-0.1, -0.05) is 13.0 Å². The van der Waals surface area contributed by atoms with Crippen molar-refractivity contribution in [2.45, 2.75) is 20.3 Å². The van der Waals surface area contributed by atoms with Crippen LogP contribution in [0.1, 0.15) is 18.9 Å². The predicted octanol–water partition coefficient (Wildman–Crippen LogP) is 1.75. The van der Waals surface area contributed by atoms with Crippen molar-refractivity contribution in [1.82, 2.24) is 4.90 Å². The fourth-order valence-corrected chi connectivity index (χ4v) is 1.72. The van der Waals surface area contributed by atoms with Crippen LogP contribution in [0.15, 0.2) is 18.2 Å². The molecule has 0 radical (unpaired) electrons. The van der Waals surface area contributed by atoms with Crippen LogP contribution in [-0.4, -0.2) is 30.4 Å². The minimum absolute atomic E-state index is 0.0894. The number of nitrogens with two attached hydrogens (primary N) is 1. The molecule has 102 valence electrons. The molecule has 0 aliphatic heterocycles. The molecule has 0 bridgehead atoms. The van der Waals surface area contributed by atoms with Gasteiger partial charge in [-0.05, 0) is 31.2 Å². The Morgan fingerprint density at radius 3 is 2.89 bits per heavy atom. The zero-order valence-electron chi connectivity index (χ0n) is 11.4. The van der Waals surface area contributed by atoms with E-state index in [4.69, 9.17) is 11.0 Å². The molecule has 1 aromatic rings. The van der Waals surface area contributed by atoms with Crippen molar-refractivity contribution in [3.63, 3.8) is 0 Å². The van der Waals surface area contributed by atoms with Crippen molar-refractivity contribution in [3.8, 4) is 6.07 Å². The molecule has 0 saturated carbocycles. The highest BCUT2D eigenvalue weighted by Gasteiger charge is 2.10. The van der Waals surface area contributed by atoms with Gasteiger partial charge in [0.1, 0.15) is 0 Å². The van der Waals surface area contributed by atoms with Crippen LogP contribution in [-0.2, 0) is 4.79 Å². The number of nitrogens with one attached hydrogen (secondary N) is 1. The van der Waals surface area contributed by atoms with Crippen LogP contribution in [0.5, 0.6) is 0 Å². The summed E-state index contributed by atoms with van der Waals surface area (Å²) in [7, 11) is 0. The number of hydrogen-bond donors (Lipinski definition) is 2. The van der Waals surface area contributed by atoms with Crippen LogP contribution < -0.4 is 11.1 Å². The molecule has 0 fully saturated rings. The molecule has 0 aliphatic rings. The lowest BCUT2D eigenvalue weighted by molar-refractivity contribution is -0.117. The highest BCUT2D eigenvalue weighted by molar-refractivity contribution is 5.93. The van der Waals surface area contributed by atoms with Crippen LogP contribution in [0.2, 0.25) is 0 Å². The lowest BCUT2D eigenvalue weighted by atomic mass is 10.2. The molecular weight excluding hydrogens is 240 g/mol. The second-order valence-corrected chi connectivity index (χ2v) is 4.40. The van der Waals surface area contributed by atoms with Crippen molar-refractivity contribution in [2.75, 3.05) is 30.7 Å². The van der Waals surface area contributed by atoms with E-state index in [1.54, 1.807) is 12.1 Å². The second-order valence-electron chi connectivity index (χ2n) is 4.40. The smallest absolute Gasteiger partial charge is 0.238 e. The van der Waals surface area contributed by atoms with Crippen LogP contribution in [0.4, 0.5) is 11.4 Å². The molecule has 19 heavy (non-hydrogen) atoms. The number of carbonyl (C=O) groups excluding carboxylic acids is 1. The van der Waals surface area contributed by atoms with E-state index in [0.717, 1.165) is 17.8 Å². The number of rotatable bonds is 6. The Bertz CT molecular complexity index is 479. The van der Waals surface area contributed by atoms with Gasteiger partial charge in [-0.15, -0.1) is 0 Å². The molecule has 1 rings (SSSR count). The van der Waals surface area contributed by atoms with Gasteiger partial charge in [-0.2, -0.15) is 5.26 Å². The lowest BCUT2D eigenvalue weighted by Gasteiger charge is -2.18. The summed E-state index contributed by atoms with van der Waals surface area (Å²) >= 11 is 0. The molecule has 5 nitrogen and oxygen atoms in total. The maximum Gasteiger partial charge on any atom is 0.238 e. The number of carbonyl (C=O) groups is 1. The summed E-state index contributed by atoms with van der Waals surface area (Å²) in [4.78, 5) is 13.9. The minimum atomic E-state index is -0.0894. The lowest BCUT2D eigenvalue weighted by Crippen LogP contribution is -2.33. The highest BCUT2D eigenvalue weighted by Crippen LogP contribution is 2.17. The van der Waals surface area contributed by atoms with Crippen molar-refractivity contribution < 1.29 is 4.79 Å². The number of aryl methyl sites for hydroxylation is 1. The Labute approximate surface area is 114 Å². The van der Waals surface area contributed by atoms with Gasteiger partial charge < -0.3 is 11.1 Å². The Kier molecular flexibility index (Phi) is 5.83. The average molecular weight is 260 g/mol. The first-order chi connectivity index (χ1) is 9.06. The SMILES string of the molecule is CCN(CCC#N)CC(=O)Nc1cc(N)ccc1C. The molecule has 0 aromatic heterocycles. The number of nitriles is 1. The van der Waals surface area contributed by atoms with Crippen LogP contribution in [0, 0.1) is 18.3 Å². The van der Waals surface area contributed by atoms with E-state index in [1.165, 1.54) is 0 Å². The molecule has 1 aromatic carbocycles. The van der Waals surface area contributed by atoms with Crippen molar-refractivity contribution >= 4 is 17.3 Å². The van der Waals surface area contributed by atoms with E-state index in [2.05, 4.69) is 11.4 Å². The number of likely N-dealkylation sites (N-methyl/N-ethyl adjacent to an activating group) is 1. The number of amides is 1. The van der Waals surface area contributed by atoms with E-state index < -0.39 is 0 Å².